The molecule has 0 aliphatic carbocycles. The number of ether oxygens (including phenoxy) is 2. The number of hydrogen-bond donors (Lipinski definition) is 2. The number of benzene rings is 2. The zero-order valence-corrected chi connectivity index (χ0v) is 16.4. The van der Waals surface area contributed by atoms with Crippen molar-refractivity contribution in [1.29, 1.82) is 0 Å². The number of urea groups is 1. The Morgan fingerprint density at radius 1 is 1.00 bits per heavy atom. The molecule has 3 aromatic rings. The van der Waals surface area contributed by atoms with Gasteiger partial charge in [-0.2, -0.15) is 0 Å². The Balaban J connectivity index is 1.67. The zero-order valence-electron chi connectivity index (χ0n) is 16.4. The largest absolute Gasteiger partial charge is 0.573 e. The van der Waals surface area contributed by atoms with Crippen LogP contribution in [0.4, 0.5) is 29.3 Å². The molecule has 31 heavy (non-hydrogen) atoms. The lowest BCUT2D eigenvalue weighted by Gasteiger charge is -2.13. The van der Waals surface area contributed by atoms with Crippen molar-refractivity contribution >= 4 is 23.0 Å². The molecule has 0 saturated carbocycles. The van der Waals surface area contributed by atoms with Gasteiger partial charge >= 0.3 is 12.4 Å². The molecule has 3 rings (SSSR count). The summed E-state index contributed by atoms with van der Waals surface area (Å²) < 4.78 is 46.3. The Morgan fingerprint density at radius 3 is 2.42 bits per heavy atom. The smallest absolute Gasteiger partial charge is 0.437 e. The molecule has 1 heterocycles. The Morgan fingerprint density at radius 2 is 1.74 bits per heavy atom. The van der Waals surface area contributed by atoms with Gasteiger partial charge < -0.3 is 20.1 Å². The Bertz CT molecular complexity index is 1080. The highest BCUT2D eigenvalue weighted by molar-refractivity contribution is 6.00. The van der Waals surface area contributed by atoms with Crippen molar-refractivity contribution in [2.75, 3.05) is 10.6 Å². The van der Waals surface area contributed by atoms with E-state index in [1.165, 1.54) is 18.3 Å². The van der Waals surface area contributed by atoms with Gasteiger partial charge in [-0.1, -0.05) is 24.3 Å². The van der Waals surface area contributed by atoms with E-state index in [1.54, 1.807) is 24.3 Å². The van der Waals surface area contributed by atoms with Crippen LogP contribution in [0.15, 0.2) is 73.4 Å². The zero-order chi connectivity index (χ0) is 22.4. The van der Waals surface area contributed by atoms with Crippen LogP contribution in [0, 0.1) is 0 Å². The molecule has 0 unspecified atom stereocenters. The number of nitrogens with zero attached hydrogens (tertiary/aromatic N) is 1. The van der Waals surface area contributed by atoms with Crippen molar-refractivity contribution in [2.45, 2.75) is 13.3 Å². The van der Waals surface area contributed by atoms with Gasteiger partial charge in [0.15, 0.2) is 0 Å². The van der Waals surface area contributed by atoms with E-state index in [2.05, 4.69) is 26.9 Å². The third-order valence-corrected chi connectivity index (χ3v) is 3.91. The highest BCUT2D eigenvalue weighted by atomic mass is 19.4. The molecule has 0 spiro atoms. The van der Waals surface area contributed by atoms with Gasteiger partial charge in [0.2, 0.25) is 5.88 Å². The maximum absolute atomic E-state index is 12.3. The minimum Gasteiger partial charge on any atom is -0.437 e. The fourth-order valence-corrected chi connectivity index (χ4v) is 2.53. The second-order valence-electron chi connectivity index (χ2n) is 6.42. The molecule has 0 radical (unpaired) electrons. The highest BCUT2D eigenvalue weighted by Crippen LogP contribution is 2.29. The van der Waals surface area contributed by atoms with Gasteiger partial charge in [0.1, 0.15) is 17.2 Å². The quantitative estimate of drug-likeness (QED) is 0.472. The molecule has 0 bridgehead atoms. The second-order valence-corrected chi connectivity index (χ2v) is 6.42. The molecule has 2 aromatic carbocycles. The van der Waals surface area contributed by atoms with Crippen LogP contribution in [0.2, 0.25) is 0 Å². The predicted octanol–water partition coefficient (Wildman–Crippen LogP) is 6.45. The number of anilines is 2. The summed E-state index contributed by atoms with van der Waals surface area (Å²) in [4.78, 5) is 16.5. The summed E-state index contributed by atoms with van der Waals surface area (Å²) in [6.07, 6.45) is -3.27. The number of hydrogen-bond acceptors (Lipinski definition) is 4. The van der Waals surface area contributed by atoms with E-state index in [9.17, 15) is 18.0 Å². The number of carbonyl (C=O) groups excluding carboxylic acids is 1. The van der Waals surface area contributed by atoms with E-state index in [1.807, 2.05) is 19.1 Å². The normalized spacial score (nSPS) is 10.8. The van der Waals surface area contributed by atoms with E-state index in [0.717, 1.165) is 23.3 Å². The minimum atomic E-state index is -4.78. The number of rotatable bonds is 6. The van der Waals surface area contributed by atoms with Crippen LogP contribution < -0.4 is 20.1 Å². The van der Waals surface area contributed by atoms with Crippen molar-refractivity contribution < 1.29 is 27.4 Å². The number of alkyl halides is 3. The third-order valence-electron chi connectivity index (χ3n) is 3.91. The molecule has 0 saturated heterocycles. The van der Waals surface area contributed by atoms with Crippen LogP contribution in [0.5, 0.6) is 17.4 Å². The van der Waals surface area contributed by atoms with Crippen molar-refractivity contribution in [3.63, 3.8) is 0 Å². The first-order valence-corrected chi connectivity index (χ1v) is 9.02. The number of carbonyl (C=O) groups is 1. The molecular weight excluding hydrogens is 411 g/mol. The van der Waals surface area contributed by atoms with Gasteiger partial charge in [-0.25, -0.2) is 9.78 Å². The fourth-order valence-electron chi connectivity index (χ4n) is 2.53. The predicted molar refractivity (Wildman–Crippen MR) is 111 cm³/mol. The van der Waals surface area contributed by atoms with Crippen molar-refractivity contribution in [1.82, 2.24) is 4.98 Å². The number of nitrogens with one attached hydrogen (secondary N) is 2. The van der Waals surface area contributed by atoms with Gasteiger partial charge in [-0.3, -0.25) is 0 Å². The van der Waals surface area contributed by atoms with E-state index >= 15 is 0 Å². The summed E-state index contributed by atoms with van der Waals surface area (Å²) in [5.74, 6) is 0.298. The third kappa shape index (κ3) is 6.49. The van der Waals surface area contributed by atoms with E-state index < -0.39 is 18.1 Å². The number of pyridine rings is 1. The molecule has 2 amide bonds. The molecule has 6 nitrogen and oxygen atoms in total. The SMILES string of the molecule is C=C(C)c1cccc(Oc2ncccc2NC(=O)Nc2ccc(OC(F)(F)F)cc2)c1. The average molecular weight is 429 g/mol. The monoisotopic (exact) mass is 429 g/mol. The Labute approximate surface area is 176 Å². The highest BCUT2D eigenvalue weighted by Gasteiger charge is 2.30. The van der Waals surface area contributed by atoms with Crippen LogP contribution >= 0.6 is 0 Å². The van der Waals surface area contributed by atoms with Crippen molar-refractivity contribution in [3.8, 4) is 17.4 Å². The molecule has 1 aromatic heterocycles. The molecule has 0 aliphatic rings. The van der Waals surface area contributed by atoms with E-state index in [0.29, 0.717) is 11.4 Å². The van der Waals surface area contributed by atoms with E-state index in [-0.39, 0.29) is 11.6 Å². The van der Waals surface area contributed by atoms with Gasteiger partial charge in [-0.05, 0) is 61.0 Å². The van der Waals surface area contributed by atoms with E-state index in [4.69, 9.17) is 4.74 Å². The van der Waals surface area contributed by atoms with Gasteiger partial charge in [0.25, 0.3) is 0 Å². The Hall–Kier alpha value is -4.01. The van der Waals surface area contributed by atoms with Crippen LogP contribution in [0.3, 0.4) is 0 Å². The molecular formula is C22H18F3N3O3. The molecule has 160 valence electrons. The minimum absolute atomic E-state index is 0.172. The lowest BCUT2D eigenvalue weighted by atomic mass is 10.1. The summed E-state index contributed by atoms with van der Waals surface area (Å²) in [6, 6.07) is 14.6. The first-order valence-electron chi connectivity index (χ1n) is 9.02. The second kappa shape index (κ2) is 9.21. The Kier molecular flexibility index (Phi) is 6.44. The molecule has 9 heteroatoms. The van der Waals surface area contributed by atoms with Gasteiger partial charge in [-0.15, -0.1) is 13.2 Å². The van der Waals surface area contributed by atoms with Crippen LogP contribution in [0.1, 0.15) is 12.5 Å². The van der Waals surface area contributed by atoms with Crippen LogP contribution in [0.25, 0.3) is 5.57 Å². The van der Waals surface area contributed by atoms with Crippen molar-refractivity contribution in [3.05, 3.63) is 79.0 Å². The number of aromatic nitrogens is 1. The summed E-state index contributed by atoms with van der Waals surface area (Å²) in [5.41, 5.74) is 2.35. The molecule has 2 N–H and O–H groups in total. The molecule has 0 atom stereocenters. The summed E-state index contributed by atoms with van der Waals surface area (Å²) >= 11 is 0. The number of amides is 2. The standard InChI is InChI=1S/C22H18F3N3O3/c1-14(2)15-5-3-6-18(13-15)30-20-19(7-4-12-26-20)28-21(29)27-16-8-10-17(11-9-16)31-22(23,24)25/h3-13H,1H2,2H3,(H2,27,28,29). The number of halogens is 3. The van der Waals surface area contributed by atoms with Gasteiger partial charge in [0, 0.05) is 11.9 Å². The summed E-state index contributed by atoms with van der Waals surface area (Å²) in [6.45, 7) is 5.77. The van der Waals surface area contributed by atoms with Crippen LogP contribution in [-0.2, 0) is 0 Å². The lowest BCUT2D eigenvalue weighted by Crippen LogP contribution is -2.20. The first-order chi connectivity index (χ1) is 14.7. The fraction of sp³-hybridized carbons (Fsp3) is 0.0909. The number of allylic oxidation sites excluding steroid dienone is 1. The maximum atomic E-state index is 12.3. The lowest BCUT2D eigenvalue weighted by molar-refractivity contribution is -0.274. The molecule has 0 aliphatic heterocycles. The van der Waals surface area contributed by atoms with Gasteiger partial charge in [0.05, 0.1) is 0 Å². The van der Waals surface area contributed by atoms with Crippen LogP contribution in [-0.4, -0.2) is 17.4 Å². The summed E-state index contributed by atoms with van der Waals surface area (Å²) in [7, 11) is 0. The maximum Gasteiger partial charge on any atom is 0.573 e. The first kappa shape index (κ1) is 21.7. The topological polar surface area (TPSA) is 72.5 Å². The van der Waals surface area contributed by atoms with Crippen molar-refractivity contribution in [2.24, 2.45) is 0 Å². The summed E-state index contributed by atoms with van der Waals surface area (Å²) in [5, 5.41) is 5.12. The average Bonchev–Trinajstić information content (AvgIpc) is 2.70. The molecule has 0 fully saturated rings.